The predicted molar refractivity (Wildman–Crippen MR) is 121 cm³/mol. The highest BCUT2D eigenvalue weighted by Gasteiger charge is 2.09. The molecule has 0 spiro atoms. The topological polar surface area (TPSA) is 27.7 Å². The monoisotopic (exact) mass is 404 g/mol. The predicted octanol–water partition coefficient (Wildman–Crippen LogP) is 6.84. The van der Waals surface area contributed by atoms with E-state index in [1.54, 1.807) is 21.3 Å². The largest absolute Gasteiger partial charge is 0.497 e. The van der Waals surface area contributed by atoms with E-state index in [0.29, 0.717) is 11.5 Å². The van der Waals surface area contributed by atoms with Crippen molar-refractivity contribution in [1.29, 1.82) is 0 Å². The first-order valence-electron chi connectivity index (χ1n) is 9.24. The third kappa shape index (κ3) is 3.50. The Morgan fingerprint density at radius 1 is 0.690 bits per heavy atom. The molecule has 0 N–H and O–H groups in total. The number of benzene rings is 4. The second-order valence-corrected chi connectivity index (χ2v) is 7.01. The first kappa shape index (κ1) is 19.2. The Balaban J connectivity index is 1.79. The van der Waals surface area contributed by atoms with Gasteiger partial charge in [-0.2, -0.15) is 0 Å². The van der Waals surface area contributed by atoms with Gasteiger partial charge >= 0.3 is 0 Å². The van der Waals surface area contributed by atoms with Crippen LogP contribution < -0.4 is 14.2 Å². The molecule has 0 bridgehead atoms. The number of ether oxygens (including phenoxy) is 3. The average Bonchev–Trinajstić information content (AvgIpc) is 2.77. The van der Waals surface area contributed by atoms with Crippen molar-refractivity contribution in [2.24, 2.45) is 0 Å². The van der Waals surface area contributed by atoms with Gasteiger partial charge < -0.3 is 14.2 Å². The molecule has 0 saturated heterocycles. The van der Waals surface area contributed by atoms with Gasteiger partial charge in [-0.15, -0.1) is 0 Å². The van der Waals surface area contributed by atoms with Crippen molar-refractivity contribution in [2.45, 2.75) is 0 Å². The summed E-state index contributed by atoms with van der Waals surface area (Å²) in [5, 5.41) is 5.13. The number of hydrogen-bond donors (Lipinski definition) is 0. The molecule has 0 aromatic heterocycles. The normalized spacial score (nSPS) is 11.3. The van der Waals surface area contributed by atoms with Gasteiger partial charge in [0.2, 0.25) is 0 Å². The zero-order valence-electron chi connectivity index (χ0n) is 16.5. The fourth-order valence-electron chi connectivity index (χ4n) is 3.58. The van der Waals surface area contributed by atoms with Gasteiger partial charge in [0, 0.05) is 10.9 Å². The maximum atomic E-state index is 6.77. The van der Waals surface area contributed by atoms with Crippen LogP contribution in [0.25, 0.3) is 33.7 Å². The van der Waals surface area contributed by atoms with Crippen LogP contribution >= 0.6 is 11.6 Å². The number of halogens is 1. The molecule has 0 unspecified atom stereocenters. The molecule has 0 aliphatic heterocycles. The first-order chi connectivity index (χ1) is 14.2. The van der Waals surface area contributed by atoms with E-state index in [4.69, 9.17) is 25.8 Å². The van der Waals surface area contributed by atoms with Crippen molar-refractivity contribution < 1.29 is 14.2 Å². The average molecular weight is 405 g/mol. The summed E-state index contributed by atoms with van der Waals surface area (Å²) >= 11 is 6.77. The fourth-order valence-corrected chi connectivity index (χ4v) is 3.87. The van der Waals surface area contributed by atoms with E-state index >= 15 is 0 Å². The maximum absolute atomic E-state index is 6.77. The number of methoxy groups -OCH3 is 3. The Morgan fingerprint density at radius 3 is 2.21 bits per heavy atom. The Kier molecular flexibility index (Phi) is 5.32. The minimum atomic E-state index is 0.696. The molecule has 0 aliphatic rings. The van der Waals surface area contributed by atoms with Crippen LogP contribution in [0.5, 0.6) is 17.2 Å². The van der Waals surface area contributed by atoms with Gasteiger partial charge in [0.25, 0.3) is 0 Å². The molecule has 0 fully saturated rings. The fraction of sp³-hybridized carbons (Fsp3) is 0.120. The molecule has 29 heavy (non-hydrogen) atoms. The summed E-state index contributed by atoms with van der Waals surface area (Å²) in [6.45, 7) is 0. The standard InChI is InChI=1S/C25H21ClO3/c1-27-19-11-14-20-18(15-19)10-13-22-21(20)12-9-16(24(22)26)7-8-17-5-4-6-23(28-2)25(17)29-3/h4-15H,1-3H3/b8-7-. The first-order valence-corrected chi connectivity index (χ1v) is 9.62. The molecule has 146 valence electrons. The van der Waals surface area contributed by atoms with Crippen LogP contribution in [0.1, 0.15) is 11.1 Å². The van der Waals surface area contributed by atoms with Crippen LogP contribution in [-0.2, 0) is 0 Å². The zero-order chi connectivity index (χ0) is 20.4. The second kappa shape index (κ2) is 8.06. The lowest BCUT2D eigenvalue weighted by Gasteiger charge is -2.11. The molecule has 0 radical (unpaired) electrons. The summed E-state index contributed by atoms with van der Waals surface area (Å²) < 4.78 is 16.2. The number of rotatable bonds is 5. The van der Waals surface area contributed by atoms with E-state index in [1.807, 2.05) is 48.6 Å². The molecule has 0 atom stereocenters. The Hall–Kier alpha value is -3.17. The van der Waals surface area contributed by atoms with Crippen LogP contribution in [-0.4, -0.2) is 21.3 Å². The number of fused-ring (bicyclic) bond motifs is 3. The molecule has 0 amide bonds. The van der Waals surface area contributed by atoms with Gasteiger partial charge in [-0.3, -0.25) is 0 Å². The highest BCUT2D eigenvalue weighted by molar-refractivity contribution is 6.38. The molecular weight excluding hydrogens is 384 g/mol. The molecular formula is C25H21ClO3. The van der Waals surface area contributed by atoms with Gasteiger partial charge in [0.15, 0.2) is 11.5 Å². The van der Waals surface area contributed by atoms with E-state index in [1.165, 1.54) is 0 Å². The van der Waals surface area contributed by atoms with Gasteiger partial charge in [-0.25, -0.2) is 0 Å². The number of hydrogen-bond acceptors (Lipinski definition) is 3. The minimum Gasteiger partial charge on any atom is -0.497 e. The maximum Gasteiger partial charge on any atom is 0.167 e. The van der Waals surface area contributed by atoms with Crippen molar-refractivity contribution in [3.05, 3.63) is 76.8 Å². The van der Waals surface area contributed by atoms with Crippen LogP contribution in [0, 0.1) is 0 Å². The quantitative estimate of drug-likeness (QED) is 0.269. The van der Waals surface area contributed by atoms with Gasteiger partial charge in [0.05, 0.1) is 26.4 Å². The summed E-state index contributed by atoms with van der Waals surface area (Å²) in [5.41, 5.74) is 1.87. The summed E-state index contributed by atoms with van der Waals surface area (Å²) in [5.74, 6) is 2.24. The van der Waals surface area contributed by atoms with E-state index in [-0.39, 0.29) is 0 Å². The van der Waals surface area contributed by atoms with Gasteiger partial charge in [-0.05, 0) is 39.9 Å². The van der Waals surface area contributed by atoms with Crippen molar-refractivity contribution in [3.63, 3.8) is 0 Å². The Morgan fingerprint density at radius 2 is 1.45 bits per heavy atom. The van der Waals surface area contributed by atoms with Gasteiger partial charge in [-0.1, -0.05) is 66.2 Å². The molecule has 4 rings (SSSR count). The smallest absolute Gasteiger partial charge is 0.167 e. The third-order valence-electron chi connectivity index (χ3n) is 5.06. The summed E-state index contributed by atoms with van der Waals surface area (Å²) in [6.07, 6.45) is 3.98. The summed E-state index contributed by atoms with van der Waals surface area (Å²) in [6, 6.07) is 20.1. The van der Waals surface area contributed by atoms with Gasteiger partial charge in [0.1, 0.15) is 5.75 Å². The van der Waals surface area contributed by atoms with E-state index in [9.17, 15) is 0 Å². The number of para-hydroxylation sites is 1. The van der Waals surface area contributed by atoms with Crippen LogP contribution in [0.3, 0.4) is 0 Å². The lowest BCUT2D eigenvalue weighted by Crippen LogP contribution is -1.92. The zero-order valence-corrected chi connectivity index (χ0v) is 17.3. The SMILES string of the molecule is COc1ccc2c(ccc3c(Cl)c(/C=C\c4cccc(OC)c4OC)ccc32)c1. The molecule has 4 heteroatoms. The minimum absolute atomic E-state index is 0.696. The molecule has 0 heterocycles. The molecule has 0 aliphatic carbocycles. The molecule has 3 nitrogen and oxygen atoms in total. The van der Waals surface area contributed by atoms with Crippen molar-refractivity contribution in [2.75, 3.05) is 21.3 Å². The Bertz CT molecular complexity index is 1230. The Labute approximate surface area is 175 Å². The van der Waals surface area contributed by atoms with Crippen molar-refractivity contribution in [1.82, 2.24) is 0 Å². The van der Waals surface area contributed by atoms with E-state index in [0.717, 1.165) is 43.4 Å². The summed E-state index contributed by atoms with van der Waals surface area (Å²) in [7, 11) is 4.94. The van der Waals surface area contributed by atoms with Crippen molar-refractivity contribution in [3.8, 4) is 17.2 Å². The highest BCUT2D eigenvalue weighted by atomic mass is 35.5. The van der Waals surface area contributed by atoms with Crippen LogP contribution in [0.15, 0.2) is 60.7 Å². The lowest BCUT2D eigenvalue weighted by molar-refractivity contribution is 0.354. The molecule has 4 aromatic rings. The lowest BCUT2D eigenvalue weighted by atomic mass is 9.99. The summed E-state index contributed by atoms with van der Waals surface area (Å²) in [4.78, 5) is 0. The third-order valence-corrected chi connectivity index (χ3v) is 5.49. The van der Waals surface area contributed by atoms with Crippen LogP contribution in [0.4, 0.5) is 0 Å². The molecule has 4 aromatic carbocycles. The highest BCUT2D eigenvalue weighted by Crippen LogP contribution is 2.36. The molecule has 0 saturated carbocycles. The van der Waals surface area contributed by atoms with Crippen LogP contribution in [0.2, 0.25) is 5.02 Å². The second-order valence-electron chi connectivity index (χ2n) is 6.63. The van der Waals surface area contributed by atoms with Crippen molar-refractivity contribution >= 4 is 45.3 Å². The van der Waals surface area contributed by atoms with E-state index in [2.05, 4.69) is 24.3 Å². The van der Waals surface area contributed by atoms with E-state index < -0.39 is 0 Å².